The molecule has 3 aromatic rings. The number of H-pyrrole nitrogens is 1. The van der Waals surface area contributed by atoms with Crippen LogP contribution in [0.4, 0.5) is 22.0 Å². The zero-order valence-electron chi connectivity index (χ0n) is 13.1. The molecule has 9 heteroatoms. The lowest BCUT2D eigenvalue weighted by molar-refractivity contribution is 0.397. The first-order chi connectivity index (χ1) is 11.6. The Hall–Kier alpha value is -3.23. The number of pyridine rings is 1. The van der Waals surface area contributed by atoms with Crippen LogP contribution in [0, 0.1) is 5.82 Å². The summed E-state index contributed by atoms with van der Waals surface area (Å²) in [6.45, 7) is 1.92. The lowest BCUT2D eigenvalue weighted by Gasteiger charge is -2.15. The number of nitrogens with two attached hydrogens (primary N) is 1. The molecule has 0 saturated carbocycles. The standard InChI is InChI=1S/C15H16FN7O/c1-8(11-4-3-9(16)6-18-11)10-7-19-15(17)21-14(10)20-12-5-13(24-2)23-22-12/h3-8H,1-2H3,(H4,17,19,20,21,22,23)/t8-/m0/s1. The fraction of sp³-hybridized carbons (Fsp3) is 0.200. The third kappa shape index (κ3) is 3.24. The first-order valence-electron chi connectivity index (χ1n) is 7.17. The van der Waals surface area contributed by atoms with Crippen molar-refractivity contribution in [3.05, 3.63) is 47.7 Å². The molecule has 1 atom stereocenters. The Bertz CT molecular complexity index is 834. The highest BCUT2D eigenvalue weighted by molar-refractivity contribution is 5.59. The van der Waals surface area contributed by atoms with Crippen LogP contribution in [0.3, 0.4) is 0 Å². The molecule has 0 aliphatic heterocycles. The number of hydrogen-bond acceptors (Lipinski definition) is 7. The minimum Gasteiger partial charge on any atom is -0.480 e. The van der Waals surface area contributed by atoms with E-state index in [1.165, 1.54) is 19.4 Å². The Morgan fingerprint density at radius 3 is 2.79 bits per heavy atom. The summed E-state index contributed by atoms with van der Waals surface area (Å²) >= 11 is 0. The Morgan fingerprint density at radius 1 is 1.29 bits per heavy atom. The SMILES string of the molecule is COc1cc(Nc2nc(N)ncc2[C@H](C)c2ccc(F)cn2)[nH]n1. The van der Waals surface area contributed by atoms with E-state index >= 15 is 0 Å². The van der Waals surface area contributed by atoms with Gasteiger partial charge in [0.1, 0.15) is 17.5 Å². The second kappa shape index (κ2) is 6.49. The maximum atomic E-state index is 13.1. The van der Waals surface area contributed by atoms with Gasteiger partial charge >= 0.3 is 0 Å². The van der Waals surface area contributed by atoms with Crippen molar-refractivity contribution in [3.8, 4) is 5.88 Å². The summed E-state index contributed by atoms with van der Waals surface area (Å²) < 4.78 is 18.1. The smallest absolute Gasteiger partial charge is 0.234 e. The van der Waals surface area contributed by atoms with Crippen molar-refractivity contribution in [2.24, 2.45) is 0 Å². The molecule has 0 aliphatic rings. The molecule has 0 radical (unpaired) electrons. The molecule has 8 nitrogen and oxygen atoms in total. The van der Waals surface area contributed by atoms with Crippen LogP contribution in [-0.4, -0.2) is 32.3 Å². The molecule has 0 aromatic carbocycles. The van der Waals surface area contributed by atoms with Crippen molar-refractivity contribution in [2.75, 3.05) is 18.2 Å². The van der Waals surface area contributed by atoms with Crippen molar-refractivity contribution >= 4 is 17.6 Å². The molecule has 4 N–H and O–H groups in total. The second-order valence-corrected chi connectivity index (χ2v) is 5.10. The van der Waals surface area contributed by atoms with Crippen molar-refractivity contribution < 1.29 is 9.13 Å². The van der Waals surface area contributed by atoms with Crippen LogP contribution in [0.1, 0.15) is 24.1 Å². The second-order valence-electron chi connectivity index (χ2n) is 5.10. The number of anilines is 3. The minimum absolute atomic E-state index is 0.131. The topological polar surface area (TPSA) is 115 Å². The summed E-state index contributed by atoms with van der Waals surface area (Å²) in [4.78, 5) is 12.4. The van der Waals surface area contributed by atoms with E-state index in [9.17, 15) is 4.39 Å². The molecule has 0 unspecified atom stereocenters. The van der Waals surface area contributed by atoms with E-state index in [-0.39, 0.29) is 17.7 Å². The van der Waals surface area contributed by atoms with Crippen LogP contribution in [0.2, 0.25) is 0 Å². The summed E-state index contributed by atoms with van der Waals surface area (Å²) in [6, 6.07) is 4.67. The van der Waals surface area contributed by atoms with E-state index < -0.39 is 0 Å². The monoisotopic (exact) mass is 329 g/mol. The summed E-state index contributed by atoms with van der Waals surface area (Å²) in [5.41, 5.74) is 7.14. The largest absolute Gasteiger partial charge is 0.480 e. The van der Waals surface area contributed by atoms with Gasteiger partial charge in [0.25, 0.3) is 0 Å². The molecule has 0 aliphatic carbocycles. The quantitative estimate of drug-likeness (QED) is 0.657. The maximum absolute atomic E-state index is 13.1. The fourth-order valence-corrected chi connectivity index (χ4v) is 2.22. The average molecular weight is 329 g/mol. The third-order valence-corrected chi connectivity index (χ3v) is 3.51. The van der Waals surface area contributed by atoms with E-state index in [4.69, 9.17) is 10.5 Å². The van der Waals surface area contributed by atoms with Crippen LogP contribution in [0.5, 0.6) is 5.88 Å². The zero-order chi connectivity index (χ0) is 17.1. The van der Waals surface area contributed by atoms with E-state index in [2.05, 4.69) is 30.5 Å². The van der Waals surface area contributed by atoms with Gasteiger partial charge in [-0.05, 0) is 12.1 Å². The molecule has 3 rings (SSSR count). The molecule has 0 amide bonds. The summed E-state index contributed by atoms with van der Waals surface area (Å²) in [5, 5.41) is 9.84. The lowest BCUT2D eigenvalue weighted by Crippen LogP contribution is -2.08. The molecule has 0 saturated heterocycles. The van der Waals surface area contributed by atoms with Crippen LogP contribution in [-0.2, 0) is 0 Å². The molecular weight excluding hydrogens is 313 g/mol. The maximum Gasteiger partial charge on any atom is 0.234 e. The van der Waals surface area contributed by atoms with E-state index in [0.29, 0.717) is 23.2 Å². The normalized spacial score (nSPS) is 12.0. The highest BCUT2D eigenvalue weighted by atomic mass is 19.1. The molecule has 0 spiro atoms. The predicted octanol–water partition coefficient (Wildman–Crippen LogP) is 2.22. The molecule has 24 heavy (non-hydrogen) atoms. The Morgan fingerprint density at radius 2 is 2.12 bits per heavy atom. The van der Waals surface area contributed by atoms with Crippen molar-refractivity contribution in [2.45, 2.75) is 12.8 Å². The van der Waals surface area contributed by atoms with Gasteiger partial charge in [-0.25, -0.2) is 9.37 Å². The van der Waals surface area contributed by atoms with Gasteiger partial charge in [-0.1, -0.05) is 6.92 Å². The van der Waals surface area contributed by atoms with Gasteiger partial charge in [0.05, 0.1) is 13.3 Å². The number of nitrogens with one attached hydrogen (secondary N) is 2. The third-order valence-electron chi connectivity index (χ3n) is 3.51. The summed E-state index contributed by atoms with van der Waals surface area (Å²) in [6.07, 6.45) is 2.80. The van der Waals surface area contributed by atoms with Crippen molar-refractivity contribution in [1.29, 1.82) is 0 Å². The molecule has 0 bridgehead atoms. The first kappa shape index (κ1) is 15.7. The first-order valence-corrected chi connectivity index (χ1v) is 7.17. The van der Waals surface area contributed by atoms with Gasteiger partial charge in [0.15, 0.2) is 0 Å². The highest BCUT2D eigenvalue weighted by Gasteiger charge is 2.17. The number of methoxy groups -OCH3 is 1. The van der Waals surface area contributed by atoms with Gasteiger partial charge in [0.2, 0.25) is 11.8 Å². The van der Waals surface area contributed by atoms with Crippen molar-refractivity contribution in [3.63, 3.8) is 0 Å². The van der Waals surface area contributed by atoms with Crippen molar-refractivity contribution in [1.82, 2.24) is 25.1 Å². The number of hydrogen-bond donors (Lipinski definition) is 3. The van der Waals surface area contributed by atoms with Gasteiger partial charge < -0.3 is 15.8 Å². The number of nitrogen functional groups attached to an aromatic ring is 1. The Labute approximate surface area is 137 Å². The van der Waals surface area contributed by atoms with E-state index in [0.717, 1.165) is 5.56 Å². The highest BCUT2D eigenvalue weighted by Crippen LogP contribution is 2.29. The van der Waals surface area contributed by atoms with Crippen LogP contribution < -0.4 is 15.8 Å². The fourth-order valence-electron chi connectivity index (χ4n) is 2.22. The average Bonchev–Trinajstić information content (AvgIpc) is 3.03. The predicted molar refractivity (Wildman–Crippen MR) is 86.6 cm³/mol. The van der Waals surface area contributed by atoms with E-state index in [1.807, 2.05) is 6.92 Å². The Balaban J connectivity index is 1.94. The molecule has 3 aromatic heterocycles. The van der Waals surface area contributed by atoms with Gasteiger partial charge in [-0.3, -0.25) is 10.1 Å². The molecule has 3 heterocycles. The summed E-state index contributed by atoms with van der Waals surface area (Å²) in [5.74, 6) is 1.11. The van der Waals surface area contributed by atoms with E-state index in [1.54, 1.807) is 18.3 Å². The number of nitrogens with zero attached hydrogens (tertiary/aromatic N) is 4. The van der Waals surface area contributed by atoms with Crippen LogP contribution in [0.15, 0.2) is 30.6 Å². The molecule has 124 valence electrons. The molecular formula is C15H16FN7O. The van der Waals surface area contributed by atoms with Gasteiger partial charge in [-0.15, -0.1) is 5.10 Å². The van der Waals surface area contributed by atoms with Gasteiger partial charge in [0, 0.05) is 29.4 Å². The van der Waals surface area contributed by atoms with Crippen LogP contribution >= 0.6 is 0 Å². The van der Waals surface area contributed by atoms with Gasteiger partial charge in [-0.2, -0.15) is 4.98 Å². The number of halogens is 1. The molecule has 0 fully saturated rings. The minimum atomic E-state index is -0.387. The zero-order valence-corrected chi connectivity index (χ0v) is 13.1. The number of aromatic amines is 1. The number of ether oxygens (including phenoxy) is 1. The Kier molecular flexibility index (Phi) is 4.23. The number of aromatic nitrogens is 5. The number of rotatable bonds is 5. The van der Waals surface area contributed by atoms with Crippen LogP contribution in [0.25, 0.3) is 0 Å². The lowest BCUT2D eigenvalue weighted by atomic mass is 9.99. The summed E-state index contributed by atoms with van der Waals surface area (Å²) in [7, 11) is 1.52.